The maximum atomic E-state index is 12.0. The van der Waals surface area contributed by atoms with Crippen molar-refractivity contribution in [3.05, 3.63) is 11.1 Å². The third kappa shape index (κ3) is 1.46. The Hall–Kier alpha value is -0.970. The molecular weight excluding hydrogens is 248 g/mol. The van der Waals surface area contributed by atoms with Crippen molar-refractivity contribution in [3.63, 3.8) is 0 Å². The van der Waals surface area contributed by atoms with Gasteiger partial charge >= 0.3 is 5.97 Å². The number of hydrogen-bond donors (Lipinski definition) is 0. The lowest BCUT2D eigenvalue weighted by Crippen LogP contribution is -2.38. The van der Waals surface area contributed by atoms with Gasteiger partial charge < -0.3 is 4.74 Å². The van der Waals surface area contributed by atoms with Crippen molar-refractivity contribution >= 4 is 17.5 Å². The van der Waals surface area contributed by atoms with Gasteiger partial charge in [0, 0.05) is 10.8 Å². The quantitative estimate of drug-likeness (QED) is 0.772. The van der Waals surface area contributed by atoms with E-state index in [0.29, 0.717) is 11.6 Å². The van der Waals surface area contributed by atoms with Gasteiger partial charge in [-0.25, -0.2) is 4.79 Å². The van der Waals surface area contributed by atoms with Crippen LogP contribution < -0.4 is 0 Å². The molecule has 1 heterocycles. The lowest BCUT2D eigenvalue weighted by Gasteiger charge is -2.38. The summed E-state index contributed by atoms with van der Waals surface area (Å²) in [5.41, 5.74) is 0.707. The van der Waals surface area contributed by atoms with Gasteiger partial charge in [0.05, 0.1) is 0 Å². The molecule has 1 aromatic heterocycles. The minimum Gasteiger partial charge on any atom is -0.457 e. The zero-order chi connectivity index (χ0) is 13.0. The zero-order valence-electron chi connectivity index (χ0n) is 11.0. The number of hydrogen-bond acceptors (Lipinski definition) is 5. The molecule has 0 spiro atoms. The molecule has 2 saturated carbocycles. The van der Waals surface area contributed by atoms with E-state index in [-0.39, 0.29) is 22.9 Å². The van der Waals surface area contributed by atoms with E-state index in [2.05, 4.69) is 30.4 Å². The standard InChI is InChI=1S/C13H18N2O2S/c1-12(2)8-4-5-13(12,3)10(6-8)17-11(16)9-7-18-15-14-9/h7-8,10H,4-6H2,1-3H3. The van der Waals surface area contributed by atoms with Crippen molar-refractivity contribution in [2.75, 3.05) is 0 Å². The summed E-state index contributed by atoms with van der Waals surface area (Å²) in [6.45, 7) is 6.88. The Bertz CT molecular complexity index is 471. The second kappa shape index (κ2) is 3.76. The number of carbonyl (C=O) groups excluding carboxylic acids is 1. The van der Waals surface area contributed by atoms with Crippen LogP contribution in [-0.4, -0.2) is 21.7 Å². The Morgan fingerprint density at radius 2 is 2.28 bits per heavy atom. The van der Waals surface area contributed by atoms with Crippen LogP contribution in [0.5, 0.6) is 0 Å². The van der Waals surface area contributed by atoms with Crippen LogP contribution in [-0.2, 0) is 4.74 Å². The van der Waals surface area contributed by atoms with Crippen molar-refractivity contribution in [2.24, 2.45) is 16.7 Å². The summed E-state index contributed by atoms with van der Waals surface area (Å²) in [6, 6.07) is 0. The van der Waals surface area contributed by atoms with Crippen LogP contribution in [0.25, 0.3) is 0 Å². The first-order valence-electron chi connectivity index (χ1n) is 6.43. The highest BCUT2D eigenvalue weighted by Gasteiger charge is 2.62. The summed E-state index contributed by atoms with van der Waals surface area (Å²) >= 11 is 1.18. The number of fused-ring (bicyclic) bond motifs is 2. The smallest absolute Gasteiger partial charge is 0.360 e. The maximum absolute atomic E-state index is 12.0. The highest BCUT2D eigenvalue weighted by atomic mass is 32.1. The fraction of sp³-hybridized carbons (Fsp3) is 0.769. The highest BCUT2D eigenvalue weighted by Crippen LogP contribution is 2.66. The minimum absolute atomic E-state index is 0.0282. The molecule has 0 saturated heterocycles. The van der Waals surface area contributed by atoms with Gasteiger partial charge in [-0.05, 0) is 42.1 Å². The predicted molar refractivity (Wildman–Crippen MR) is 68.3 cm³/mol. The molecule has 1 aromatic rings. The largest absolute Gasteiger partial charge is 0.457 e. The normalized spacial score (nSPS) is 36.8. The lowest BCUT2D eigenvalue weighted by atomic mass is 9.70. The van der Waals surface area contributed by atoms with E-state index in [1.807, 2.05) is 0 Å². The highest BCUT2D eigenvalue weighted by molar-refractivity contribution is 7.03. The molecule has 2 fully saturated rings. The van der Waals surface area contributed by atoms with Crippen molar-refractivity contribution < 1.29 is 9.53 Å². The molecule has 2 bridgehead atoms. The number of carbonyl (C=O) groups is 1. The summed E-state index contributed by atoms with van der Waals surface area (Å²) in [7, 11) is 0. The molecule has 2 aliphatic carbocycles. The van der Waals surface area contributed by atoms with Crippen molar-refractivity contribution in [3.8, 4) is 0 Å². The van der Waals surface area contributed by atoms with Crippen LogP contribution in [0, 0.1) is 16.7 Å². The lowest BCUT2D eigenvalue weighted by molar-refractivity contribution is -0.0247. The van der Waals surface area contributed by atoms with Gasteiger partial charge in [-0.15, -0.1) is 5.10 Å². The predicted octanol–water partition coefficient (Wildman–Crippen LogP) is 2.91. The molecule has 0 N–H and O–H groups in total. The average molecular weight is 266 g/mol. The van der Waals surface area contributed by atoms with Crippen molar-refractivity contribution in [1.29, 1.82) is 0 Å². The number of nitrogens with zero attached hydrogens (tertiary/aromatic N) is 2. The Morgan fingerprint density at radius 1 is 1.50 bits per heavy atom. The summed E-state index contributed by atoms with van der Waals surface area (Å²) in [5, 5.41) is 5.42. The molecule has 0 radical (unpaired) electrons. The van der Waals surface area contributed by atoms with E-state index in [4.69, 9.17) is 4.74 Å². The second-order valence-corrected chi connectivity index (χ2v) is 6.90. The van der Waals surface area contributed by atoms with Gasteiger partial charge in [-0.3, -0.25) is 0 Å². The summed E-state index contributed by atoms with van der Waals surface area (Å²) in [6.07, 6.45) is 3.43. The molecular formula is C13H18N2O2S. The summed E-state index contributed by atoms with van der Waals surface area (Å²) in [5.74, 6) is 0.354. The van der Waals surface area contributed by atoms with E-state index in [9.17, 15) is 4.79 Å². The van der Waals surface area contributed by atoms with E-state index < -0.39 is 0 Å². The monoisotopic (exact) mass is 266 g/mol. The van der Waals surface area contributed by atoms with Crippen LogP contribution in [0.15, 0.2) is 5.38 Å². The fourth-order valence-corrected chi connectivity index (χ4v) is 4.18. The third-order valence-corrected chi connectivity index (χ3v) is 6.04. The topological polar surface area (TPSA) is 52.1 Å². The number of aromatic nitrogens is 2. The minimum atomic E-state index is -0.321. The van der Waals surface area contributed by atoms with Crippen LogP contribution in [0.3, 0.4) is 0 Å². The Labute approximate surface area is 111 Å². The van der Waals surface area contributed by atoms with Gasteiger partial charge in [0.2, 0.25) is 0 Å². The van der Waals surface area contributed by atoms with Gasteiger partial charge in [-0.2, -0.15) is 0 Å². The molecule has 5 heteroatoms. The maximum Gasteiger partial charge on any atom is 0.360 e. The van der Waals surface area contributed by atoms with Crippen LogP contribution in [0.4, 0.5) is 0 Å². The first-order valence-corrected chi connectivity index (χ1v) is 7.27. The van der Waals surface area contributed by atoms with E-state index >= 15 is 0 Å². The number of rotatable bonds is 2. The molecule has 0 aromatic carbocycles. The molecule has 3 atom stereocenters. The zero-order valence-corrected chi connectivity index (χ0v) is 11.8. The Balaban J connectivity index is 1.78. The van der Waals surface area contributed by atoms with Crippen LogP contribution in [0.1, 0.15) is 50.5 Å². The Kier molecular flexibility index (Phi) is 2.52. The summed E-state index contributed by atoms with van der Waals surface area (Å²) < 4.78 is 9.40. The average Bonchev–Trinajstić information content (AvgIpc) is 2.95. The molecule has 3 unspecified atom stereocenters. The van der Waals surface area contributed by atoms with Gasteiger partial charge in [0.25, 0.3) is 0 Å². The van der Waals surface area contributed by atoms with Gasteiger partial charge in [0.1, 0.15) is 6.10 Å². The fourth-order valence-electron chi connectivity index (χ4n) is 3.75. The molecule has 3 rings (SSSR count). The van der Waals surface area contributed by atoms with Gasteiger partial charge in [-0.1, -0.05) is 25.3 Å². The van der Waals surface area contributed by atoms with Crippen LogP contribution >= 0.6 is 11.5 Å². The molecule has 0 amide bonds. The number of ether oxygens (including phenoxy) is 1. The van der Waals surface area contributed by atoms with E-state index in [0.717, 1.165) is 12.8 Å². The van der Waals surface area contributed by atoms with Gasteiger partial charge in [0.15, 0.2) is 5.69 Å². The first-order chi connectivity index (χ1) is 8.45. The van der Waals surface area contributed by atoms with Crippen molar-refractivity contribution in [1.82, 2.24) is 9.59 Å². The van der Waals surface area contributed by atoms with E-state index in [1.54, 1.807) is 5.38 Å². The van der Waals surface area contributed by atoms with Crippen LogP contribution in [0.2, 0.25) is 0 Å². The first kappa shape index (κ1) is 12.1. The summed E-state index contributed by atoms with van der Waals surface area (Å²) in [4.78, 5) is 12.0. The Morgan fingerprint density at radius 3 is 2.78 bits per heavy atom. The molecule has 18 heavy (non-hydrogen) atoms. The molecule has 0 aliphatic heterocycles. The molecule has 98 valence electrons. The van der Waals surface area contributed by atoms with Crippen molar-refractivity contribution in [2.45, 2.75) is 46.1 Å². The molecule has 4 nitrogen and oxygen atoms in total. The number of esters is 1. The second-order valence-electron chi connectivity index (χ2n) is 6.29. The third-order valence-electron chi connectivity index (χ3n) is 5.53. The SMILES string of the molecule is CC1(C)C2CCC1(C)C(OC(=O)c1csnn1)C2. The van der Waals surface area contributed by atoms with E-state index in [1.165, 1.54) is 18.0 Å². The molecule has 2 aliphatic rings.